The van der Waals surface area contributed by atoms with Crippen LogP contribution in [0.1, 0.15) is 24.8 Å². The number of rotatable bonds is 5. The summed E-state index contributed by atoms with van der Waals surface area (Å²) in [6.45, 7) is 2.03. The van der Waals surface area contributed by atoms with Gasteiger partial charge in [0.15, 0.2) is 5.13 Å². The topological polar surface area (TPSA) is 51.2 Å². The van der Waals surface area contributed by atoms with Crippen molar-refractivity contribution in [2.75, 3.05) is 12.4 Å². The maximum Gasteiger partial charge on any atom is 0.226 e. The Morgan fingerprint density at radius 3 is 3.09 bits per heavy atom. The molecule has 0 spiro atoms. The zero-order chi connectivity index (χ0) is 16.2. The Bertz CT molecular complexity index is 736. The molecule has 1 heterocycles. The molecule has 0 radical (unpaired) electrons. The van der Waals surface area contributed by atoms with Gasteiger partial charge in [0.25, 0.3) is 0 Å². The van der Waals surface area contributed by atoms with Gasteiger partial charge in [-0.3, -0.25) is 4.79 Å². The highest BCUT2D eigenvalue weighted by molar-refractivity contribution is 7.14. The molecule has 1 aromatic carbocycles. The lowest BCUT2D eigenvalue weighted by Gasteiger charge is -2.07. The van der Waals surface area contributed by atoms with Gasteiger partial charge in [-0.05, 0) is 37.8 Å². The Labute approximate surface area is 140 Å². The van der Waals surface area contributed by atoms with Crippen molar-refractivity contribution in [3.05, 3.63) is 41.3 Å². The number of nitrogens with one attached hydrogen (secondary N) is 1. The van der Waals surface area contributed by atoms with E-state index in [1.54, 1.807) is 7.11 Å². The van der Waals surface area contributed by atoms with Gasteiger partial charge in [0.1, 0.15) is 5.75 Å². The van der Waals surface area contributed by atoms with Gasteiger partial charge >= 0.3 is 0 Å². The second-order valence-electron chi connectivity index (χ2n) is 5.76. The Morgan fingerprint density at radius 2 is 2.35 bits per heavy atom. The van der Waals surface area contributed by atoms with Crippen molar-refractivity contribution in [1.29, 1.82) is 0 Å². The van der Waals surface area contributed by atoms with Crippen molar-refractivity contribution in [2.45, 2.75) is 26.2 Å². The molecule has 0 aliphatic heterocycles. The summed E-state index contributed by atoms with van der Waals surface area (Å²) >= 11 is 1.44. The highest BCUT2D eigenvalue weighted by Crippen LogP contribution is 2.33. The first kappa shape index (κ1) is 15.7. The van der Waals surface area contributed by atoms with Gasteiger partial charge in [0, 0.05) is 17.4 Å². The van der Waals surface area contributed by atoms with Crippen LogP contribution >= 0.6 is 11.3 Å². The van der Waals surface area contributed by atoms with Crippen LogP contribution in [0.2, 0.25) is 0 Å². The molecule has 3 rings (SSSR count). The Morgan fingerprint density at radius 1 is 1.48 bits per heavy atom. The SMILES string of the molecule is COc1ccc(C)cc1-c1csc(NC(=O)CC2C=CCC2)n1. The zero-order valence-corrected chi connectivity index (χ0v) is 14.2. The Hall–Kier alpha value is -2.14. The van der Waals surface area contributed by atoms with Crippen molar-refractivity contribution in [2.24, 2.45) is 5.92 Å². The molecule has 0 saturated heterocycles. The Balaban J connectivity index is 1.71. The van der Waals surface area contributed by atoms with Crippen LogP contribution in [0, 0.1) is 12.8 Å². The number of hydrogen-bond acceptors (Lipinski definition) is 4. The fraction of sp³-hybridized carbons (Fsp3) is 0.333. The first-order chi connectivity index (χ1) is 11.2. The van der Waals surface area contributed by atoms with Crippen LogP contribution in [0.4, 0.5) is 5.13 Å². The minimum Gasteiger partial charge on any atom is -0.496 e. The lowest BCUT2D eigenvalue weighted by Crippen LogP contribution is -2.14. The summed E-state index contributed by atoms with van der Waals surface area (Å²) in [6, 6.07) is 5.99. The molecule has 1 amide bonds. The predicted octanol–water partition coefficient (Wildman–Crippen LogP) is 4.42. The molecule has 5 heteroatoms. The summed E-state index contributed by atoms with van der Waals surface area (Å²) in [5.41, 5.74) is 2.92. The summed E-state index contributed by atoms with van der Waals surface area (Å²) in [7, 11) is 1.65. The molecular weight excluding hydrogens is 308 g/mol. The van der Waals surface area contributed by atoms with Crippen molar-refractivity contribution in [1.82, 2.24) is 4.98 Å². The molecule has 1 aromatic heterocycles. The highest BCUT2D eigenvalue weighted by atomic mass is 32.1. The summed E-state index contributed by atoms with van der Waals surface area (Å²) in [5, 5.41) is 5.49. The van der Waals surface area contributed by atoms with E-state index in [0.29, 0.717) is 17.5 Å². The maximum absolute atomic E-state index is 12.1. The number of ether oxygens (including phenoxy) is 1. The van der Waals surface area contributed by atoms with Crippen molar-refractivity contribution in [3.8, 4) is 17.0 Å². The average Bonchev–Trinajstić information content (AvgIpc) is 3.19. The molecular formula is C18H20N2O2S. The van der Waals surface area contributed by atoms with E-state index < -0.39 is 0 Å². The van der Waals surface area contributed by atoms with Crippen LogP contribution in [-0.4, -0.2) is 18.0 Å². The number of thiazole rings is 1. The number of allylic oxidation sites excluding steroid dienone is 2. The number of anilines is 1. The first-order valence-electron chi connectivity index (χ1n) is 7.73. The van der Waals surface area contributed by atoms with Crippen molar-refractivity contribution >= 4 is 22.4 Å². The summed E-state index contributed by atoms with van der Waals surface area (Å²) in [4.78, 5) is 16.6. The van der Waals surface area contributed by atoms with E-state index in [1.807, 2.05) is 30.5 Å². The molecule has 0 bridgehead atoms. The number of hydrogen-bond donors (Lipinski definition) is 1. The van der Waals surface area contributed by atoms with Crippen LogP contribution in [-0.2, 0) is 4.79 Å². The van der Waals surface area contributed by atoms with E-state index in [1.165, 1.54) is 11.3 Å². The van der Waals surface area contributed by atoms with Gasteiger partial charge in [0.05, 0.1) is 12.8 Å². The van der Waals surface area contributed by atoms with Crippen LogP contribution in [0.15, 0.2) is 35.7 Å². The van der Waals surface area contributed by atoms with Crippen LogP contribution in [0.5, 0.6) is 5.75 Å². The summed E-state index contributed by atoms with van der Waals surface area (Å²) in [5.74, 6) is 1.18. The number of methoxy groups -OCH3 is 1. The Kier molecular flexibility index (Phi) is 4.76. The van der Waals surface area contributed by atoms with Gasteiger partial charge in [0.2, 0.25) is 5.91 Å². The normalized spacial score (nSPS) is 16.5. The van der Waals surface area contributed by atoms with Gasteiger partial charge < -0.3 is 10.1 Å². The van der Waals surface area contributed by atoms with Gasteiger partial charge in [-0.25, -0.2) is 4.98 Å². The predicted molar refractivity (Wildman–Crippen MR) is 93.9 cm³/mol. The van der Waals surface area contributed by atoms with Gasteiger partial charge in [-0.2, -0.15) is 0 Å². The molecule has 1 N–H and O–H groups in total. The maximum atomic E-state index is 12.1. The largest absolute Gasteiger partial charge is 0.496 e. The lowest BCUT2D eigenvalue weighted by atomic mass is 10.1. The average molecular weight is 328 g/mol. The fourth-order valence-corrected chi connectivity index (χ4v) is 3.48. The van der Waals surface area contributed by atoms with E-state index in [9.17, 15) is 4.79 Å². The van der Waals surface area contributed by atoms with E-state index in [2.05, 4.69) is 22.5 Å². The summed E-state index contributed by atoms with van der Waals surface area (Å²) in [6.07, 6.45) is 6.94. The van der Waals surface area contributed by atoms with Gasteiger partial charge in [-0.1, -0.05) is 23.8 Å². The van der Waals surface area contributed by atoms with Crippen molar-refractivity contribution < 1.29 is 9.53 Å². The van der Waals surface area contributed by atoms with E-state index in [-0.39, 0.29) is 5.91 Å². The number of amides is 1. The molecule has 0 saturated carbocycles. The number of benzene rings is 1. The standard InChI is InChI=1S/C18H20N2O2S/c1-12-7-8-16(22-2)14(9-12)15-11-23-18(19-15)20-17(21)10-13-5-3-4-6-13/h3,5,7-9,11,13H,4,6,10H2,1-2H3,(H,19,20,21). The van der Waals surface area contributed by atoms with E-state index in [0.717, 1.165) is 35.4 Å². The second-order valence-corrected chi connectivity index (χ2v) is 6.62. The molecule has 1 aliphatic rings. The van der Waals surface area contributed by atoms with E-state index in [4.69, 9.17) is 4.74 Å². The van der Waals surface area contributed by atoms with E-state index >= 15 is 0 Å². The van der Waals surface area contributed by atoms with Crippen LogP contribution in [0.3, 0.4) is 0 Å². The van der Waals surface area contributed by atoms with Crippen LogP contribution in [0.25, 0.3) is 11.3 Å². The van der Waals surface area contributed by atoms with Gasteiger partial charge in [-0.15, -0.1) is 11.3 Å². The quantitative estimate of drug-likeness (QED) is 0.827. The third-order valence-corrected chi connectivity index (χ3v) is 4.70. The number of aryl methyl sites for hydroxylation is 1. The molecule has 1 atom stereocenters. The molecule has 1 unspecified atom stereocenters. The van der Waals surface area contributed by atoms with Crippen LogP contribution < -0.4 is 10.1 Å². The number of aromatic nitrogens is 1. The highest BCUT2D eigenvalue weighted by Gasteiger charge is 2.16. The number of nitrogens with zero attached hydrogens (tertiary/aromatic N) is 1. The third kappa shape index (κ3) is 3.79. The minimum absolute atomic E-state index is 0.0265. The second kappa shape index (κ2) is 6.96. The first-order valence-corrected chi connectivity index (χ1v) is 8.60. The third-order valence-electron chi connectivity index (χ3n) is 3.94. The molecule has 120 valence electrons. The molecule has 23 heavy (non-hydrogen) atoms. The molecule has 2 aromatic rings. The molecule has 1 aliphatic carbocycles. The smallest absolute Gasteiger partial charge is 0.226 e. The fourth-order valence-electron chi connectivity index (χ4n) is 2.75. The summed E-state index contributed by atoms with van der Waals surface area (Å²) < 4.78 is 5.40. The molecule has 0 fully saturated rings. The number of carbonyl (C=O) groups excluding carboxylic acids is 1. The zero-order valence-electron chi connectivity index (χ0n) is 13.3. The van der Waals surface area contributed by atoms with Crippen molar-refractivity contribution in [3.63, 3.8) is 0 Å². The number of carbonyl (C=O) groups is 1. The molecule has 4 nitrogen and oxygen atoms in total. The minimum atomic E-state index is 0.0265. The lowest BCUT2D eigenvalue weighted by molar-refractivity contribution is -0.116. The monoisotopic (exact) mass is 328 g/mol.